The lowest BCUT2D eigenvalue weighted by Crippen LogP contribution is -2.18. The van der Waals surface area contributed by atoms with Crippen molar-refractivity contribution >= 4 is 38.3 Å². The number of hydrogen-bond donors (Lipinski definition) is 1. The highest BCUT2D eigenvalue weighted by atomic mass is 35.5. The molecule has 1 aliphatic rings. The van der Waals surface area contributed by atoms with Gasteiger partial charge in [0.2, 0.25) is 0 Å². The zero-order valence-electron chi connectivity index (χ0n) is 16.4. The minimum atomic E-state index is -3.71. The van der Waals surface area contributed by atoms with E-state index in [0.29, 0.717) is 35.3 Å². The summed E-state index contributed by atoms with van der Waals surface area (Å²) in [5.41, 5.74) is 2.98. The first-order valence-electron chi connectivity index (χ1n) is 9.66. The molecule has 0 saturated carbocycles. The number of carboxylic acids is 1. The molecule has 30 heavy (non-hydrogen) atoms. The third-order valence-electron chi connectivity index (χ3n) is 5.68. The minimum Gasteiger partial charge on any atom is -0.481 e. The van der Waals surface area contributed by atoms with E-state index >= 15 is 0 Å². The highest BCUT2D eigenvalue weighted by molar-refractivity contribution is 7.91. The predicted octanol–water partition coefficient (Wildman–Crippen LogP) is 4.78. The molecule has 2 aromatic carbocycles. The van der Waals surface area contributed by atoms with Crippen LogP contribution >= 0.6 is 11.6 Å². The molecule has 3 aromatic rings. The molecule has 8 heteroatoms. The van der Waals surface area contributed by atoms with Crippen LogP contribution in [-0.2, 0) is 27.6 Å². The minimum absolute atomic E-state index is 0.0549. The van der Waals surface area contributed by atoms with Gasteiger partial charge in [-0.05, 0) is 54.7 Å². The van der Waals surface area contributed by atoms with Gasteiger partial charge in [-0.2, -0.15) is 0 Å². The van der Waals surface area contributed by atoms with Gasteiger partial charge >= 0.3 is 5.97 Å². The maximum atomic E-state index is 14.4. The summed E-state index contributed by atoms with van der Waals surface area (Å²) < 4.78 is 41.3. The zero-order chi connectivity index (χ0) is 21.6. The van der Waals surface area contributed by atoms with Crippen molar-refractivity contribution < 1.29 is 22.7 Å². The second-order valence-electron chi connectivity index (χ2n) is 7.84. The molecule has 0 spiro atoms. The fraction of sp³-hybridized carbons (Fsp3) is 0.318. The molecule has 0 fully saturated rings. The standard InChI is InChI=1S/C22H21ClFNO4S/c1-30(28,29)19-11-16(24)10-18-17-4-2-3-14(9-20(26)27)21(17)25(22(18)19)12-13-5-7-15(23)8-6-13/h5-8,10-11,14H,2-4,9,12H2,1H3,(H,26,27)/t14-/m1/s1. The number of carbonyl (C=O) groups is 1. The van der Waals surface area contributed by atoms with Gasteiger partial charge in [0, 0.05) is 34.8 Å². The van der Waals surface area contributed by atoms with E-state index in [2.05, 4.69) is 0 Å². The van der Waals surface area contributed by atoms with Gasteiger partial charge in [-0.15, -0.1) is 0 Å². The third-order valence-corrected chi connectivity index (χ3v) is 7.04. The smallest absolute Gasteiger partial charge is 0.304 e. The van der Waals surface area contributed by atoms with E-state index in [1.165, 1.54) is 6.07 Å². The van der Waals surface area contributed by atoms with Crippen LogP contribution in [0.25, 0.3) is 10.9 Å². The largest absolute Gasteiger partial charge is 0.481 e. The van der Waals surface area contributed by atoms with Gasteiger partial charge in [0.25, 0.3) is 0 Å². The van der Waals surface area contributed by atoms with E-state index in [1.54, 1.807) is 12.1 Å². The van der Waals surface area contributed by atoms with Gasteiger partial charge in [0.15, 0.2) is 9.84 Å². The Hall–Kier alpha value is -2.38. The van der Waals surface area contributed by atoms with Crippen LogP contribution in [0.3, 0.4) is 0 Å². The Labute approximate surface area is 179 Å². The van der Waals surface area contributed by atoms with Crippen molar-refractivity contribution in [2.24, 2.45) is 0 Å². The molecule has 0 amide bonds. The molecule has 1 aromatic heterocycles. The lowest BCUT2D eigenvalue weighted by Gasteiger charge is -2.25. The monoisotopic (exact) mass is 449 g/mol. The summed E-state index contributed by atoms with van der Waals surface area (Å²) in [4.78, 5) is 11.4. The number of hydrogen-bond acceptors (Lipinski definition) is 3. The molecule has 1 atom stereocenters. The summed E-state index contributed by atoms with van der Waals surface area (Å²) in [6.07, 6.45) is 3.13. The average Bonchev–Trinajstić information content (AvgIpc) is 2.96. The lowest BCUT2D eigenvalue weighted by atomic mass is 9.84. The van der Waals surface area contributed by atoms with Crippen LogP contribution in [0.5, 0.6) is 0 Å². The number of aliphatic carboxylic acids is 1. The van der Waals surface area contributed by atoms with Gasteiger partial charge in [-0.1, -0.05) is 23.7 Å². The quantitative estimate of drug-likeness (QED) is 0.608. The van der Waals surface area contributed by atoms with Gasteiger partial charge in [-0.3, -0.25) is 4.79 Å². The molecule has 0 radical (unpaired) electrons. The molecule has 1 heterocycles. The van der Waals surface area contributed by atoms with Crippen LogP contribution in [-0.4, -0.2) is 30.3 Å². The van der Waals surface area contributed by atoms with Crippen molar-refractivity contribution in [1.29, 1.82) is 0 Å². The SMILES string of the molecule is CS(=O)(=O)c1cc(F)cc2c3c(n(Cc4ccc(Cl)cc4)c12)[C@@H](CC(=O)O)CCC3. The molecule has 0 bridgehead atoms. The van der Waals surface area contributed by atoms with E-state index < -0.39 is 21.6 Å². The van der Waals surface area contributed by atoms with Gasteiger partial charge < -0.3 is 9.67 Å². The number of aryl methyl sites for hydroxylation is 1. The molecule has 0 aliphatic heterocycles. The normalized spacial score (nSPS) is 16.6. The van der Waals surface area contributed by atoms with Gasteiger partial charge in [-0.25, -0.2) is 12.8 Å². The van der Waals surface area contributed by atoms with Crippen molar-refractivity contribution in [3.05, 3.63) is 64.1 Å². The lowest BCUT2D eigenvalue weighted by molar-refractivity contribution is -0.137. The maximum Gasteiger partial charge on any atom is 0.304 e. The third kappa shape index (κ3) is 3.84. The number of sulfone groups is 1. The molecule has 5 nitrogen and oxygen atoms in total. The molecule has 0 unspecified atom stereocenters. The second-order valence-corrected chi connectivity index (χ2v) is 10.3. The van der Waals surface area contributed by atoms with Crippen LogP contribution in [0, 0.1) is 5.82 Å². The number of nitrogens with zero attached hydrogens (tertiary/aromatic N) is 1. The van der Waals surface area contributed by atoms with Crippen LogP contribution in [0.15, 0.2) is 41.3 Å². The van der Waals surface area contributed by atoms with Gasteiger partial charge in [0.1, 0.15) is 5.82 Å². The second kappa shape index (κ2) is 7.71. The number of halogens is 2. The summed E-state index contributed by atoms with van der Waals surface area (Å²) in [5, 5.41) is 10.6. The van der Waals surface area contributed by atoms with Crippen LogP contribution < -0.4 is 0 Å². The van der Waals surface area contributed by atoms with E-state index in [1.807, 2.05) is 16.7 Å². The number of carboxylic acid groups (broad SMARTS) is 1. The fourth-order valence-corrected chi connectivity index (χ4v) is 5.55. The number of aromatic nitrogens is 1. The molecule has 158 valence electrons. The van der Waals surface area contributed by atoms with Crippen LogP contribution in [0.2, 0.25) is 5.02 Å². The highest BCUT2D eigenvalue weighted by Gasteiger charge is 2.32. The summed E-state index contributed by atoms with van der Waals surface area (Å²) in [6.45, 7) is 0.341. The Morgan fingerprint density at radius 2 is 1.97 bits per heavy atom. The van der Waals surface area contributed by atoms with E-state index in [-0.39, 0.29) is 17.2 Å². The topological polar surface area (TPSA) is 76.4 Å². The summed E-state index contributed by atoms with van der Waals surface area (Å²) >= 11 is 5.99. The number of rotatable bonds is 5. The first-order valence-corrected chi connectivity index (χ1v) is 11.9. The Morgan fingerprint density at radius 3 is 2.60 bits per heavy atom. The van der Waals surface area contributed by atoms with Crippen molar-refractivity contribution in [2.75, 3.05) is 6.26 Å². The summed E-state index contributed by atoms with van der Waals surface area (Å²) in [7, 11) is -3.71. The van der Waals surface area contributed by atoms with E-state index in [0.717, 1.165) is 35.6 Å². The number of fused-ring (bicyclic) bond motifs is 3. The summed E-state index contributed by atoms with van der Waals surface area (Å²) in [5.74, 6) is -1.79. The van der Waals surface area contributed by atoms with Gasteiger partial charge in [0.05, 0.1) is 16.8 Å². The molecule has 4 rings (SSSR count). The molecule has 1 N–H and O–H groups in total. The summed E-state index contributed by atoms with van der Waals surface area (Å²) in [6, 6.07) is 9.61. The Bertz CT molecular complexity index is 1250. The zero-order valence-corrected chi connectivity index (χ0v) is 17.9. The van der Waals surface area contributed by atoms with Crippen LogP contribution in [0.4, 0.5) is 4.39 Å². The van der Waals surface area contributed by atoms with Crippen molar-refractivity contribution in [3.63, 3.8) is 0 Å². The highest BCUT2D eigenvalue weighted by Crippen LogP contribution is 2.42. The molecular formula is C22H21ClFNO4S. The van der Waals surface area contributed by atoms with Crippen LogP contribution in [0.1, 0.15) is 42.0 Å². The van der Waals surface area contributed by atoms with E-state index in [4.69, 9.17) is 11.6 Å². The first kappa shape index (κ1) is 20.9. The Balaban J connectivity index is 2.05. The molecule has 1 aliphatic carbocycles. The van der Waals surface area contributed by atoms with Crippen molar-refractivity contribution in [2.45, 2.75) is 43.0 Å². The average molecular weight is 450 g/mol. The van der Waals surface area contributed by atoms with E-state index in [9.17, 15) is 22.7 Å². The predicted molar refractivity (Wildman–Crippen MR) is 113 cm³/mol. The molecular weight excluding hydrogens is 429 g/mol. The Kier molecular flexibility index (Phi) is 5.36. The number of benzene rings is 2. The maximum absolute atomic E-state index is 14.4. The molecule has 0 saturated heterocycles. The Morgan fingerprint density at radius 1 is 1.27 bits per heavy atom. The first-order chi connectivity index (χ1) is 14.1. The fourth-order valence-electron chi connectivity index (χ4n) is 4.52. The van der Waals surface area contributed by atoms with Crippen molar-refractivity contribution in [3.8, 4) is 0 Å². The van der Waals surface area contributed by atoms with Crippen molar-refractivity contribution in [1.82, 2.24) is 4.57 Å².